The fourth-order valence-electron chi connectivity index (χ4n) is 1.81. The third-order valence-electron chi connectivity index (χ3n) is 2.81. The van der Waals surface area contributed by atoms with Crippen molar-refractivity contribution in [3.63, 3.8) is 0 Å². The van der Waals surface area contributed by atoms with Crippen LogP contribution >= 0.6 is 0 Å². The van der Waals surface area contributed by atoms with Crippen LogP contribution in [-0.2, 0) is 6.42 Å². The highest BCUT2D eigenvalue weighted by molar-refractivity contribution is 5.65. The van der Waals surface area contributed by atoms with E-state index in [4.69, 9.17) is 5.11 Å². The molecule has 5 nitrogen and oxygen atoms in total. The molecule has 5 heteroatoms. The molecule has 0 radical (unpaired) electrons. The molecule has 0 aliphatic carbocycles. The molecule has 1 amide bonds. The first kappa shape index (κ1) is 15.5. The maximum absolute atomic E-state index is 10.8. The van der Waals surface area contributed by atoms with Gasteiger partial charge in [-0.2, -0.15) is 0 Å². The number of amides is 1. The number of carbonyl (C=O) groups is 1. The molecule has 1 aromatic carbocycles. The monoisotopic (exact) mass is 266 g/mol. The number of aliphatic hydroxyl groups excluding tert-OH is 1. The molecular formula is C14H22N2O3. The third-order valence-corrected chi connectivity index (χ3v) is 2.81. The number of rotatable bonds is 7. The Hall–Kier alpha value is -1.59. The summed E-state index contributed by atoms with van der Waals surface area (Å²) in [7, 11) is 0. The first-order valence-corrected chi connectivity index (χ1v) is 6.44. The van der Waals surface area contributed by atoms with Crippen LogP contribution in [0.2, 0.25) is 0 Å². The normalized spacial score (nSPS) is 14.1. The Morgan fingerprint density at radius 3 is 2.42 bits per heavy atom. The van der Waals surface area contributed by atoms with E-state index >= 15 is 0 Å². The van der Waals surface area contributed by atoms with Gasteiger partial charge >= 0.3 is 6.09 Å². The highest BCUT2D eigenvalue weighted by atomic mass is 16.4. The predicted octanol–water partition coefficient (Wildman–Crippen LogP) is 1.22. The summed E-state index contributed by atoms with van der Waals surface area (Å²) in [5.74, 6) is 0. The minimum Gasteiger partial charge on any atom is -0.465 e. The van der Waals surface area contributed by atoms with E-state index in [0.29, 0.717) is 13.0 Å². The van der Waals surface area contributed by atoms with Gasteiger partial charge < -0.3 is 20.8 Å². The van der Waals surface area contributed by atoms with Crippen molar-refractivity contribution in [3.8, 4) is 0 Å². The van der Waals surface area contributed by atoms with Crippen LogP contribution in [0.1, 0.15) is 19.4 Å². The maximum atomic E-state index is 10.8. The zero-order valence-corrected chi connectivity index (χ0v) is 11.3. The molecule has 0 saturated heterocycles. The lowest BCUT2D eigenvalue weighted by atomic mass is 10.0. The molecule has 0 aliphatic rings. The predicted molar refractivity (Wildman–Crippen MR) is 74.2 cm³/mol. The molecule has 0 aliphatic heterocycles. The lowest BCUT2D eigenvalue weighted by Crippen LogP contribution is -2.49. The Morgan fingerprint density at radius 1 is 1.26 bits per heavy atom. The summed E-state index contributed by atoms with van der Waals surface area (Å²) < 4.78 is 0. The number of hydrogen-bond donors (Lipinski definition) is 4. The summed E-state index contributed by atoms with van der Waals surface area (Å²) in [6.45, 7) is 4.31. The van der Waals surface area contributed by atoms with Gasteiger partial charge in [0.25, 0.3) is 0 Å². The Morgan fingerprint density at radius 2 is 1.89 bits per heavy atom. The quantitative estimate of drug-likeness (QED) is 0.598. The second-order valence-corrected chi connectivity index (χ2v) is 4.88. The number of nitrogens with one attached hydrogen (secondary N) is 2. The van der Waals surface area contributed by atoms with Crippen molar-refractivity contribution >= 4 is 6.09 Å². The SMILES string of the molecule is CC(C)NC[C@H](O)[C@H](Cc1ccccc1)NC(=O)O. The van der Waals surface area contributed by atoms with Crippen molar-refractivity contribution in [3.05, 3.63) is 35.9 Å². The summed E-state index contributed by atoms with van der Waals surface area (Å²) in [6.07, 6.45) is -1.42. The molecule has 0 spiro atoms. The molecule has 106 valence electrons. The fourth-order valence-corrected chi connectivity index (χ4v) is 1.81. The van der Waals surface area contributed by atoms with E-state index in [2.05, 4.69) is 10.6 Å². The Balaban J connectivity index is 2.63. The van der Waals surface area contributed by atoms with E-state index in [0.717, 1.165) is 5.56 Å². The molecule has 1 rings (SSSR count). The van der Waals surface area contributed by atoms with Gasteiger partial charge in [0.2, 0.25) is 0 Å². The fraction of sp³-hybridized carbons (Fsp3) is 0.500. The van der Waals surface area contributed by atoms with Gasteiger partial charge in [0.1, 0.15) is 0 Å². The minimum atomic E-state index is -1.12. The summed E-state index contributed by atoms with van der Waals surface area (Å²) in [5, 5.41) is 24.4. The van der Waals surface area contributed by atoms with Crippen LogP contribution in [0.5, 0.6) is 0 Å². The van der Waals surface area contributed by atoms with Crippen LogP contribution in [0, 0.1) is 0 Å². The Kier molecular flexibility index (Phi) is 6.32. The van der Waals surface area contributed by atoms with Gasteiger partial charge in [0, 0.05) is 12.6 Å². The van der Waals surface area contributed by atoms with Gasteiger partial charge in [0.05, 0.1) is 12.1 Å². The van der Waals surface area contributed by atoms with Crippen molar-refractivity contribution in [1.82, 2.24) is 10.6 Å². The average Bonchev–Trinajstić information content (AvgIpc) is 2.36. The Bertz CT molecular complexity index is 382. The molecular weight excluding hydrogens is 244 g/mol. The van der Waals surface area contributed by atoms with E-state index in [1.165, 1.54) is 0 Å². The molecule has 0 bridgehead atoms. The van der Waals surface area contributed by atoms with Gasteiger partial charge in [-0.25, -0.2) is 4.79 Å². The second-order valence-electron chi connectivity index (χ2n) is 4.88. The van der Waals surface area contributed by atoms with Crippen molar-refractivity contribution in [2.45, 2.75) is 38.5 Å². The van der Waals surface area contributed by atoms with Gasteiger partial charge in [-0.15, -0.1) is 0 Å². The van der Waals surface area contributed by atoms with E-state index < -0.39 is 18.2 Å². The van der Waals surface area contributed by atoms with Gasteiger partial charge in [-0.1, -0.05) is 44.2 Å². The van der Waals surface area contributed by atoms with E-state index in [1.54, 1.807) is 0 Å². The highest BCUT2D eigenvalue weighted by Gasteiger charge is 2.21. The molecule has 4 N–H and O–H groups in total. The van der Waals surface area contributed by atoms with Crippen LogP contribution in [0.3, 0.4) is 0 Å². The van der Waals surface area contributed by atoms with Crippen LogP contribution in [-0.4, -0.2) is 41.0 Å². The first-order valence-electron chi connectivity index (χ1n) is 6.44. The van der Waals surface area contributed by atoms with Gasteiger partial charge in [0.15, 0.2) is 0 Å². The third kappa shape index (κ3) is 6.22. The zero-order chi connectivity index (χ0) is 14.3. The largest absolute Gasteiger partial charge is 0.465 e. The summed E-state index contributed by atoms with van der Waals surface area (Å²) >= 11 is 0. The molecule has 19 heavy (non-hydrogen) atoms. The van der Waals surface area contributed by atoms with Crippen LogP contribution in [0.15, 0.2) is 30.3 Å². The van der Waals surface area contributed by atoms with Crippen LogP contribution in [0.4, 0.5) is 4.79 Å². The summed E-state index contributed by atoms with van der Waals surface area (Å²) in [4.78, 5) is 10.8. The number of hydrogen-bond acceptors (Lipinski definition) is 3. The minimum absolute atomic E-state index is 0.247. The smallest absolute Gasteiger partial charge is 0.404 e. The van der Waals surface area contributed by atoms with Gasteiger partial charge in [-0.05, 0) is 12.0 Å². The summed E-state index contributed by atoms with van der Waals surface area (Å²) in [5.41, 5.74) is 0.991. The average molecular weight is 266 g/mol. The Labute approximate surface area is 113 Å². The van der Waals surface area contributed by atoms with Crippen LogP contribution < -0.4 is 10.6 Å². The first-order chi connectivity index (χ1) is 8.99. The molecule has 0 fully saturated rings. The molecule has 1 aromatic rings. The molecule has 2 atom stereocenters. The van der Waals surface area contributed by atoms with Crippen molar-refractivity contribution < 1.29 is 15.0 Å². The highest BCUT2D eigenvalue weighted by Crippen LogP contribution is 2.06. The van der Waals surface area contributed by atoms with Crippen molar-refractivity contribution in [2.75, 3.05) is 6.54 Å². The lowest BCUT2D eigenvalue weighted by Gasteiger charge is -2.24. The topological polar surface area (TPSA) is 81.6 Å². The van der Waals surface area contributed by atoms with Gasteiger partial charge in [-0.3, -0.25) is 0 Å². The lowest BCUT2D eigenvalue weighted by molar-refractivity contribution is 0.116. The summed E-state index contributed by atoms with van der Waals surface area (Å²) in [6, 6.07) is 9.25. The van der Waals surface area contributed by atoms with E-state index in [9.17, 15) is 9.90 Å². The standard InChI is InChI=1S/C14H22N2O3/c1-10(2)15-9-13(17)12(16-14(18)19)8-11-6-4-3-5-7-11/h3-7,10,12-13,15-17H,8-9H2,1-2H3,(H,18,19)/t12-,13-/m0/s1. The van der Waals surface area contributed by atoms with Crippen molar-refractivity contribution in [1.29, 1.82) is 0 Å². The zero-order valence-electron chi connectivity index (χ0n) is 11.3. The number of aliphatic hydroxyl groups is 1. The van der Waals surface area contributed by atoms with Crippen molar-refractivity contribution in [2.24, 2.45) is 0 Å². The molecule has 0 unspecified atom stereocenters. The number of benzene rings is 1. The molecule has 0 saturated carbocycles. The van der Waals surface area contributed by atoms with E-state index in [-0.39, 0.29) is 6.04 Å². The maximum Gasteiger partial charge on any atom is 0.404 e. The van der Waals surface area contributed by atoms with E-state index in [1.807, 2.05) is 44.2 Å². The second kappa shape index (κ2) is 7.76. The number of carboxylic acid groups (broad SMARTS) is 1. The van der Waals surface area contributed by atoms with Crippen LogP contribution in [0.25, 0.3) is 0 Å². The molecule has 0 heterocycles. The molecule has 0 aromatic heterocycles.